The standard InChI is InChI=1S/C23H26N2O4/c1-23(2,3)18-10-5-6-11-19(18)25-14-16(13-20(25)26)21(27)24-17-9-7-8-15(12-17)22(28)29-4/h5-12,16H,13-14H2,1-4H3,(H,24,27). The first-order valence-corrected chi connectivity index (χ1v) is 9.60. The molecular formula is C23H26N2O4. The van der Waals surface area contributed by atoms with Gasteiger partial charge in [0.15, 0.2) is 0 Å². The van der Waals surface area contributed by atoms with Gasteiger partial charge in [0.25, 0.3) is 0 Å². The molecule has 2 amide bonds. The Kier molecular flexibility index (Phi) is 5.73. The minimum absolute atomic E-state index is 0.0647. The maximum Gasteiger partial charge on any atom is 0.337 e. The van der Waals surface area contributed by atoms with E-state index in [0.29, 0.717) is 17.8 Å². The molecule has 0 saturated carbocycles. The first kappa shape index (κ1) is 20.6. The molecule has 0 aliphatic carbocycles. The van der Waals surface area contributed by atoms with Crippen LogP contribution in [-0.2, 0) is 19.7 Å². The first-order valence-electron chi connectivity index (χ1n) is 9.60. The van der Waals surface area contributed by atoms with E-state index in [1.165, 1.54) is 7.11 Å². The van der Waals surface area contributed by atoms with Crippen LogP contribution in [0, 0.1) is 5.92 Å². The van der Waals surface area contributed by atoms with E-state index < -0.39 is 11.9 Å². The summed E-state index contributed by atoms with van der Waals surface area (Å²) in [5, 5.41) is 2.82. The third-order valence-corrected chi connectivity index (χ3v) is 5.05. The van der Waals surface area contributed by atoms with Gasteiger partial charge in [-0.15, -0.1) is 0 Å². The average Bonchev–Trinajstić information content (AvgIpc) is 3.08. The van der Waals surface area contributed by atoms with Crippen LogP contribution >= 0.6 is 0 Å². The molecular weight excluding hydrogens is 368 g/mol. The highest BCUT2D eigenvalue weighted by Gasteiger charge is 2.37. The summed E-state index contributed by atoms with van der Waals surface area (Å²) in [6.45, 7) is 6.63. The van der Waals surface area contributed by atoms with Crippen molar-refractivity contribution in [2.75, 3.05) is 23.9 Å². The quantitative estimate of drug-likeness (QED) is 0.801. The molecule has 1 N–H and O–H groups in total. The largest absolute Gasteiger partial charge is 0.465 e. The van der Waals surface area contributed by atoms with Crippen LogP contribution in [0.2, 0.25) is 0 Å². The Morgan fingerprint density at radius 2 is 1.83 bits per heavy atom. The molecule has 29 heavy (non-hydrogen) atoms. The summed E-state index contributed by atoms with van der Waals surface area (Å²) in [6.07, 6.45) is 0.154. The Morgan fingerprint density at radius 1 is 1.10 bits per heavy atom. The van der Waals surface area contributed by atoms with Crippen LogP contribution in [0.1, 0.15) is 43.1 Å². The second-order valence-electron chi connectivity index (χ2n) is 8.23. The number of anilines is 2. The summed E-state index contributed by atoms with van der Waals surface area (Å²) in [4.78, 5) is 38.8. The van der Waals surface area contributed by atoms with Crippen molar-refractivity contribution in [1.82, 2.24) is 0 Å². The van der Waals surface area contributed by atoms with Crippen molar-refractivity contribution in [3.63, 3.8) is 0 Å². The van der Waals surface area contributed by atoms with E-state index in [-0.39, 0.29) is 23.7 Å². The fourth-order valence-electron chi connectivity index (χ4n) is 3.55. The zero-order valence-corrected chi connectivity index (χ0v) is 17.2. The summed E-state index contributed by atoms with van der Waals surface area (Å²) < 4.78 is 4.71. The normalized spacial score (nSPS) is 16.6. The number of rotatable bonds is 4. The van der Waals surface area contributed by atoms with E-state index in [4.69, 9.17) is 4.74 Å². The molecule has 1 aliphatic heterocycles. The van der Waals surface area contributed by atoms with Crippen LogP contribution in [0.4, 0.5) is 11.4 Å². The van der Waals surface area contributed by atoms with Gasteiger partial charge in [0.1, 0.15) is 0 Å². The van der Waals surface area contributed by atoms with E-state index >= 15 is 0 Å². The molecule has 1 fully saturated rings. The second-order valence-corrected chi connectivity index (χ2v) is 8.23. The number of ether oxygens (including phenoxy) is 1. The Morgan fingerprint density at radius 3 is 2.52 bits per heavy atom. The lowest BCUT2D eigenvalue weighted by molar-refractivity contribution is -0.122. The van der Waals surface area contributed by atoms with Crippen LogP contribution < -0.4 is 10.2 Å². The SMILES string of the molecule is COC(=O)c1cccc(NC(=O)C2CC(=O)N(c3ccccc3C(C)(C)C)C2)c1. The van der Waals surface area contributed by atoms with E-state index in [1.807, 2.05) is 24.3 Å². The lowest BCUT2D eigenvalue weighted by Crippen LogP contribution is -2.30. The third kappa shape index (κ3) is 4.47. The van der Waals surface area contributed by atoms with Gasteiger partial charge in [0, 0.05) is 24.3 Å². The number of amides is 2. The summed E-state index contributed by atoms with van der Waals surface area (Å²) in [6, 6.07) is 14.4. The minimum Gasteiger partial charge on any atom is -0.465 e. The molecule has 2 aromatic rings. The molecule has 152 valence electrons. The van der Waals surface area contributed by atoms with Crippen molar-refractivity contribution < 1.29 is 19.1 Å². The number of carbonyl (C=O) groups is 3. The van der Waals surface area contributed by atoms with Crippen molar-refractivity contribution in [3.8, 4) is 0 Å². The highest BCUT2D eigenvalue weighted by Crippen LogP contribution is 2.35. The van der Waals surface area contributed by atoms with Crippen LogP contribution in [0.25, 0.3) is 0 Å². The molecule has 1 saturated heterocycles. The van der Waals surface area contributed by atoms with E-state index in [2.05, 4.69) is 26.1 Å². The number of hydrogen-bond acceptors (Lipinski definition) is 4. The van der Waals surface area contributed by atoms with Crippen molar-refractivity contribution in [3.05, 3.63) is 59.7 Å². The van der Waals surface area contributed by atoms with Crippen molar-refractivity contribution in [2.45, 2.75) is 32.6 Å². The van der Waals surface area contributed by atoms with Gasteiger partial charge in [-0.1, -0.05) is 45.0 Å². The number of esters is 1. The number of carbonyl (C=O) groups excluding carboxylic acids is 3. The molecule has 6 nitrogen and oxygen atoms in total. The van der Waals surface area contributed by atoms with Crippen LogP contribution in [0.3, 0.4) is 0 Å². The van der Waals surface area contributed by atoms with Gasteiger partial charge >= 0.3 is 5.97 Å². The molecule has 1 heterocycles. The number of para-hydroxylation sites is 1. The minimum atomic E-state index is -0.470. The predicted octanol–water partition coefficient (Wildman–Crippen LogP) is 3.76. The Bertz CT molecular complexity index is 946. The Labute approximate surface area is 170 Å². The molecule has 0 spiro atoms. The van der Waals surface area contributed by atoms with Gasteiger partial charge in [-0.25, -0.2) is 4.79 Å². The number of nitrogens with zero attached hydrogens (tertiary/aromatic N) is 1. The highest BCUT2D eigenvalue weighted by atomic mass is 16.5. The molecule has 0 bridgehead atoms. The molecule has 0 radical (unpaired) electrons. The van der Waals surface area contributed by atoms with Crippen molar-refractivity contribution >= 4 is 29.2 Å². The van der Waals surface area contributed by atoms with Crippen molar-refractivity contribution in [1.29, 1.82) is 0 Å². The average molecular weight is 394 g/mol. The Hall–Kier alpha value is -3.15. The number of nitrogens with one attached hydrogen (secondary N) is 1. The Balaban J connectivity index is 1.76. The van der Waals surface area contributed by atoms with Crippen molar-refractivity contribution in [2.24, 2.45) is 5.92 Å². The maximum atomic E-state index is 12.8. The topological polar surface area (TPSA) is 75.7 Å². The second kappa shape index (κ2) is 8.07. The molecule has 1 aliphatic rings. The first-order chi connectivity index (χ1) is 13.7. The van der Waals surface area contributed by atoms with Gasteiger partial charge in [-0.2, -0.15) is 0 Å². The number of benzene rings is 2. The van der Waals surface area contributed by atoms with Gasteiger partial charge in [0.05, 0.1) is 18.6 Å². The predicted molar refractivity (Wildman–Crippen MR) is 112 cm³/mol. The summed E-state index contributed by atoms with van der Waals surface area (Å²) in [5.41, 5.74) is 2.66. The molecule has 1 unspecified atom stereocenters. The summed E-state index contributed by atoms with van der Waals surface area (Å²) >= 11 is 0. The summed E-state index contributed by atoms with van der Waals surface area (Å²) in [5.74, 6) is -1.24. The van der Waals surface area contributed by atoms with Crippen LogP contribution in [0.15, 0.2) is 48.5 Å². The molecule has 1 atom stereocenters. The molecule has 3 rings (SSSR count). The third-order valence-electron chi connectivity index (χ3n) is 5.05. The molecule has 0 aromatic heterocycles. The molecule has 6 heteroatoms. The van der Waals surface area contributed by atoms with E-state index in [9.17, 15) is 14.4 Å². The zero-order valence-electron chi connectivity index (χ0n) is 17.2. The van der Waals surface area contributed by atoms with E-state index in [0.717, 1.165) is 11.3 Å². The zero-order chi connectivity index (χ0) is 21.2. The van der Waals surface area contributed by atoms with E-state index in [1.54, 1.807) is 29.2 Å². The van der Waals surface area contributed by atoms with Gasteiger partial charge < -0.3 is 15.0 Å². The summed E-state index contributed by atoms with van der Waals surface area (Å²) in [7, 11) is 1.31. The van der Waals surface area contributed by atoms with Gasteiger partial charge in [0.2, 0.25) is 11.8 Å². The maximum absolute atomic E-state index is 12.8. The lowest BCUT2D eigenvalue weighted by atomic mass is 9.85. The number of hydrogen-bond donors (Lipinski definition) is 1. The smallest absolute Gasteiger partial charge is 0.337 e. The number of methoxy groups -OCH3 is 1. The van der Waals surface area contributed by atoms with Gasteiger partial charge in [-0.3, -0.25) is 9.59 Å². The highest BCUT2D eigenvalue weighted by molar-refractivity contribution is 6.04. The lowest BCUT2D eigenvalue weighted by Gasteiger charge is -2.27. The van der Waals surface area contributed by atoms with Crippen LogP contribution in [0.5, 0.6) is 0 Å². The molecule has 2 aromatic carbocycles. The van der Waals surface area contributed by atoms with Crippen LogP contribution in [-0.4, -0.2) is 31.4 Å². The monoisotopic (exact) mass is 394 g/mol. The fourth-order valence-corrected chi connectivity index (χ4v) is 3.55. The fraction of sp³-hybridized carbons (Fsp3) is 0.348. The van der Waals surface area contributed by atoms with Gasteiger partial charge in [-0.05, 0) is 35.2 Å².